The Morgan fingerprint density at radius 2 is 1.71 bits per heavy atom. The molecule has 3 saturated heterocycles. The zero-order valence-corrected chi connectivity index (χ0v) is 31.7. The van der Waals surface area contributed by atoms with Crippen LogP contribution in [0.1, 0.15) is 57.1 Å². The van der Waals surface area contributed by atoms with Gasteiger partial charge in [0.25, 0.3) is 0 Å². The molecule has 2 aromatic carbocycles. The summed E-state index contributed by atoms with van der Waals surface area (Å²) < 4.78 is 23.4. The van der Waals surface area contributed by atoms with Crippen molar-refractivity contribution < 1.29 is 33.5 Å². The summed E-state index contributed by atoms with van der Waals surface area (Å²) in [7, 11) is 5.10. The van der Waals surface area contributed by atoms with Crippen molar-refractivity contribution in [1.82, 2.24) is 9.80 Å². The van der Waals surface area contributed by atoms with E-state index >= 15 is 0 Å². The van der Waals surface area contributed by atoms with E-state index in [9.17, 15) is 9.59 Å². The van der Waals surface area contributed by atoms with E-state index in [-0.39, 0.29) is 18.5 Å². The highest BCUT2D eigenvalue weighted by Gasteiger charge is 2.43. The molecule has 12 heteroatoms. The number of benzene rings is 2. The number of fused-ring (bicyclic) bond motifs is 3. The van der Waals surface area contributed by atoms with Crippen molar-refractivity contribution in [2.75, 3.05) is 47.4 Å². The smallest absolute Gasteiger partial charge is 0.348 e. The lowest BCUT2D eigenvalue weighted by Gasteiger charge is -2.45. The van der Waals surface area contributed by atoms with E-state index in [0.29, 0.717) is 56.6 Å². The maximum absolute atomic E-state index is 14.0. The molecule has 3 atom stereocenters. The first kappa shape index (κ1) is 37.1. The Kier molecular flexibility index (Phi) is 11.9. The number of aromatic amines is 1. The van der Waals surface area contributed by atoms with E-state index in [4.69, 9.17) is 42.1 Å². The van der Waals surface area contributed by atoms with Gasteiger partial charge in [-0.3, -0.25) is 14.6 Å². The average molecular weight is 754 g/mol. The molecule has 3 aliphatic rings. The van der Waals surface area contributed by atoms with Crippen molar-refractivity contribution in [2.45, 2.75) is 50.4 Å². The van der Waals surface area contributed by atoms with Gasteiger partial charge in [-0.1, -0.05) is 59.6 Å². The number of methoxy groups -OCH3 is 2. The first-order chi connectivity index (χ1) is 24.6. The maximum atomic E-state index is 14.0. The van der Waals surface area contributed by atoms with Crippen molar-refractivity contribution in [3.8, 4) is 11.5 Å². The van der Waals surface area contributed by atoms with Crippen molar-refractivity contribution in [1.29, 1.82) is 0 Å². The molecule has 0 amide bonds. The van der Waals surface area contributed by atoms with Crippen LogP contribution in [0.15, 0.2) is 73.1 Å². The number of thiophene rings is 1. The number of ether oxygens (including phenoxy) is 4. The molecule has 3 aliphatic heterocycles. The summed E-state index contributed by atoms with van der Waals surface area (Å²) in [6.45, 7) is 5.90. The number of hydrogen-bond donors (Lipinski definition) is 0. The molecule has 51 heavy (non-hydrogen) atoms. The van der Waals surface area contributed by atoms with Crippen LogP contribution in [0.5, 0.6) is 11.5 Å². The fourth-order valence-corrected chi connectivity index (χ4v) is 8.65. The topological polar surface area (TPSA) is 91.7 Å². The van der Waals surface area contributed by atoms with Gasteiger partial charge in [0, 0.05) is 36.5 Å². The molecule has 2 aromatic heterocycles. The number of likely N-dealkylation sites (N-methyl/N-ethyl adjacent to an activating group) is 1. The van der Waals surface area contributed by atoms with E-state index in [2.05, 4.69) is 14.8 Å². The highest BCUT2D eigenvalue weighted by Crippen LogP contribution is 2.37. The van der Waals surface area contributed by atoms with E-state index < -0.39 is 17.5 Å². The fraction of sp³-hybridized carbons (Fsp3) is 0.410. The Bertz CT molecular complexity index is 1810. The number of hydrogen-bond acceptors (Lipinski definition) is 9. The first-order valence-electron chi connectivity index (χ1n) is 17.1. The second-order valence-electron chi connectivity index (χ2n) is 13.6. The Morgan fingerprint density at radius 3 is 2.35 bits per heavy atom. The molecular weight excluding hydrogens is 709 g/mol. The molecule has 9 nitrogen and oxygen atoms in total. The van der Waals surface area contributed by atoms with Gasteiger partial charge in [0.05, 0.1) is 14.2 Å². The number of nitrogens with one attached hydrogen (secondary N) is 1. The first-order valence-corrected chi connectivity index (χ1v) is 18.7. The third-order valence-corrected chi connectivity index (χ3v) is 11.7. The van der Waals surface area contributed by atoms with Crippen molar-refractivity contribution >= 4 is 46.5 Å². The monoisotopic (exact) mass is 752 g/mol. The summed E-state index contributed by atoms with van der Waals surface area (Å²) in [5.41, 5.74) is 1.37. The highest BCUT2D eigenvalue weighted by atomic mass is 35.5. The molecule has 1 unspecified atom stereocenters. The van der Waals surface area contributed by atoms with Crippen molar-refractivity contribution in [3.05, 3.63) is 110 Å². The van der Waals surface area contributed by atoms with Crippen LogP contribution in [-0.4, -0.2) is 75.3 Å². The van der Waals surface area contributed by atoms with Gasteiger partial charge in [0.1, 0.15) is 32.5 Å². The lowest BCUT2D eigenvalue weighted by Crippen LogP contribution is -2.54. The van der Waals surface area contributed by atoms with E-state index in [0.717, 1.165) is 42.9 Å². The minimum absolute atomic E-state index is 0.0747. The molecular formula is C39H44Cl2N3O6S+. The number of esters is 2. The fourth-order valence-electron chi connectivity index (χ4n) is 7.15. The SMILES string of the molecule is COc1ccc([C@H](Cc2c(Cl)c[nH+]cc2Cl)OC(=O)c2ccc(CN(C)CC(C)(C(=O)O[C@H]3CN4CCC3CC4)c3ccccc3)s2)cc1OC. The van der Waals surface area contributed by atoms with Gasteiger partial charge in [-0.05, 0) is 81.2 Å². The molecule has 3 fully saturated rings. The third-order valence-electron chi connectivity index (χ3n) is 10.0. The van der Waals surface area contributed by atoms with Crippen LogP contribution < -0.4 is 14.5 Å². The van der Waals surface area contributed by atoms with Gasteiger partial charge >= 0.3 is 11.9 Å². The van der Waals surface area contributed by atoms with Crippen LogP contribution in [0.25, 0.3) is 0 Å². The van der Waals surface area contributed by atoms with Crippen molar-refractivity contribution in [2.24, 2.45) is 5.92 Å². The summed E-state index contributed by atoms with van der Waals surface area (Å²) in [6.07, 6.45) is 4.86. The highest BCUT2D eigenvalue weighted by molar-refractivity contribution is 7.13. The number of halogens is 2. The van der Waals surface area contributed by atoms with Crippen LogP contribution in [-0.2, 0) is 32.6 Å². The number of piperidine rings is 3. The largest absolute Gasteiger partial charge is 0.493 e. The van der Waals surface area contributed by atoms with Crippen LogP contribution in [0.4, 0.5) is 0 Å². The summed E-state index contributed by atoms with van der Waals surface area (Å²) in [6, 6.07) is 18.9. The standard InChI is InChI=1S/C39H43Cl2N3O6S/c1-39(27-8-6-5-7-9-27,38(46)50-35-23-44-16-14-25(35)15-17-44)24-43(2)22-28-11-13-36(51-28)37(45)49-33(19-29-30(40)20-42-21-31(29)41)26-10-12-32(47-3)34(18-26)48-4/h5-13,18,20-21,25,33,35H,14-17,19,22-24H2,1-4H3/p+1/t33-,35-,39?/m0/s1. The van der Waals surface area contributed by atoms with Gasteiger partial charge in [-0.25, -0.2) is 9.78 Å². The van der Waals surface area contributed by atoms with Crippen LogP contribution in [0.2, 0.25) is 10.0 Å². The predicted molar refractivity (Wildman–Crippen MR) is 198 cm³/mol. The van der Waals surface area contributed by atoms with E-state index in [1.54, 1.807) is 44.8 Å². The van der Waals surface area contributed by atoms with Crippen LogP contribution >= 0.6 is 34.5 Å². The molecule has 5 heterocycles. The predicted octanol–water partition coefficient (Wildman–Crippen LogP) is 7.05. The van der Waals surface area contributed by atoms with Gasteiger partial charge in [-0.15, -0.1) is 11.3 Å². The third kappa shape index (κ3) is 8.53. The summed E-state index contributed by atoms with van der Waals surface area (Å²) >= 11 is 14.4. The molecule has 4 aromatic rings. The van der Waals surface area contributed by atoms with E-state index in [1.165, 1.54) is 11.3 Å². The molecule has 0 saturated carbocycles. The number of H-pyrrole nitrogens is 1. The lowest BCUT2D eigenvalue weighted by molar-refractivity contribution is -0.377. The second-order valence-corrected chi connectivity index (χ2v) is 15.5. The molecule has 2 bridgehead atoms. The maximum Gasteiger partial charge on any atom is 0.348 e. The number of carbonyl (C=O) groups is 2. The summed E-state index contributed by atoms with van der Waals surface area (Å²) in [4.78, 5) is 36.5. The molecule has 7 rings (SSSR count). The molecule has 0 aliphatic carbocycles. The summed E-state index contributed by atoms with van der Waals surface area (Å²) in [5.74, 6) is 0.809. The molecule has 0 spiro atoms. The zero-order valence-electron chi connectivity index (χ0n) is 29.3. The Labute approximate surface area is 313 Å². The number of pyridine rings is 1. The van der Waals surface area contributed by atoms with Crippen LogP contribution in [0, 0.1) is 5.92 Å². The number of aromatic nitrogens is 1. The van der Waals surface area contributed by atoms with Gasteiger partial charge in [0.15, 0.2) is 23.9 Å². The normalized spacial score (nSPS) is 20.0. The number of rotatable bonds is 14. The lowest BCUT2D eigenvalue weighted by atomic mass is 9.81. The Morgan fingerprint density at radius 1 is 1.00 bits per heavy atom. The minimum atomic E-state index is -0.883. The van der Waals surface area contributed by atoms with E-state index in [1.807, 2.05) is 56.4 Å². The number of nitrogens with zero attached hydrogens (tertiary/aromatic N) is 2. The van der Waals surface area contributed by atoms with Gasteiger partial charge < -0.3 is 18.9 Å². The summed E-state index contributed by atoms with van der Waals surface area (Å²) in [5, 5.41) is 0.862. The quantitative estimate of drug-likeness (QED) is 0.127. The van der Waals surface area contributed by atoms with Gasteiger partial charge in [-0.2, -0.15) is 0 Å². The average Bonchev–Trinajstić information content (AvgIpc) is 3.61. The molecule has 270 valence electrons. The van der Waals surface area contributed by atoms with Gasteiger partial charge in [0.2, 0.25) is 0 Å². The molecule has 0 radical (unpaired) electrons. The molecule has 1 N–H and O–H groups in total. The number of carbonyl (C=O) groups excluding carboxylic acids is 2. The Hall–Kier alpha value is -3.67. The Balaban J connectivity index is 1.17. The minimum Gasteiger partial charge on any atom is -0.493 e. The van der Waals surface area contributed by atoms with Crippen molar-refractivity contribution in [3.63, 3.8) is 0 Å². The van der Waals surface area contributed by atoms with Crippen LogP contribution in [0.3, 0.4) is 0 Å². The second kappa shape index (κ2) is 16.3. The zero-order chi connectivity index (χ0) is 36.1.